The van der Waals surface area contributed by atoms with E-state index in [0.717, 1.165) is 43.9 Å². The van der Waals surface area contributed by atoms with E-state index in [0.29, 0.717) is 0 Å². The second-order valence-electron chi connectivity index (χ2n) is 6.04. The van der Waals surface area contributed by atoms with Gasteiger partial charge in [0.15, 0.2) is 0 Å². The lowest BCUT2D eigenvalue weighted by atomic mass is 10.1. The molecule has 2 aromatic carbocycles. The van der Waals surface area contributed by atoms with E-state index in [1.165, 1.54) is 5.56 Å². The maximum absolute atomic E-state index is 12.4. The number of fused-ring (bicyclic) bond motifs is 1. The molecule has 0 aliphatic carbocycles. The summed E-state index contributed by atoms with van der Waals surface area (Å²) in [6.45, 7) is 2.77. The second kappa shape index (κ2) is 7.97. The van der Waals surface area contributed by atoms with Gasteiger partial charge in [0.1, 0.15) is 6.61 Å². The maximum Gasteiger partial charge on any atom is 0.253 e. The molecule has 24 heavy (non-hydrogen) atoms. The highest BCUT2D eigenvalue weighted by atomic mass is 16.5. The van der Waals surface area contributed by atoms with Crippen molar-refractivity contribution in [1.29, 1.82) is 0 Å². The molecule has 0 bridgehead atoms. The molecule has 4 nitrogen and oxygen atoms in total. The predicted octanol–water partition coefficient (Wildman–Crippen LogP) is 3.12. The van der Waals surface area contributed by atoms with Crippen molar-refractivity contribution >= 4 is 17.3 Å². The molecular weight excluding hydrogens is 300 g/mol. The lowest BCUT2D eigenvalue weighted by Gasteiger charge is -2.26. The van der Waals surface area contributed by atoms with Gasteiger partial charge in [0.05, 0.1) is 11.4 Å². The molecule has 0 saturated heterocycles. The first kappa shape index (κ1) is 16.5. The summed E-state index contributed by atoms with van der Waals surface area (Å²) in [6.07, 6.45) is 1.96. The molecule has 0 spiro atoms. The Morgan fingerprint density at radius 2 is 1.71 bits per heavy atom. The molecule has 0 radical (unpaired) electrons. The summed E-state index contributed by atoms with van der Waals surface area (Å²) >= 11 is 0. The van der Waals surface area contributed by atoms with Gasteiger partial charge in [-0.05, 0) is 30.5 Å². The summed E-state index contributed by atoms with van der Waals surface area (Å²) in [7, 11) is 1.56. The number of methoxy groups -OCH3 is 1. The summed E-state index contributed by atoms with van der Waals surface area (Å²) in [5.41, 5.74) is 3.46. The molecule has 1 aliphatic heterocycles. The fraction of sp³-hybridized carbons (Fsp3) is 0.350. The minimum absolute atomic E-state index is 0.0230. The number of hydrogen-bond donors (Lipinski definition) is 0. The Kier molecular flexibility index (Phi) is 5.49. The summed E-state index contributed by atoms with van der Waals surface area (Å²) in [4.78, 5) is 16.6. The minimum Gasteiger partial charge on any atom is -0.375 e. The Morgan fingerprint density at radius 1 is 1.00 bits per heavy atom. The Bertz CT molecular complexity index is 672. The zero-order chi connectivity index (χ0) is 16.8. The number of para-hydroxylation sites is 2. The standard InChI is InChI=1S/C20H24N2O2/c1-24-16-20(23)22-14-7-13-21(18-10-5-6-11-19(18)22)15-12-17-8-3-2-4-9-17/h2-6,8-11H,7,12-16H2,1H3. The van der Waals surface area contributed by atoms with Crippen LogP contribution in [0.1, 0.15) is 12.0 Å². The van der Waals surface area contributed by atoms with Gasteiger partial charge < -0.3 is 14.5 Å². The van der Waals surface area contributed by atoms with Crippen LogP contribution < -0.4 is 9.80 Å². The van der Waals surface area contributed by atoms with Crippen molar-refractivity contribution in [3.63, 3.8) is 0 Å². The normalized spacial score (nSPS) is 14.2. The average Bonchev–Trinajstić information content (AvgIpc) is 2.81. The fourth-order valence-corrected chi connectivity index (χ4v) is 3.22. The number of rotatable bonds is 5. The van der Waals surface area contributed by atoms with Crippen LogP contribution in [0.2, 0.25) is 0 Å². The van der Waals surface area contributed by atoms with Crippen molar-refractivity contribution in [3.8, 4) is 0 Å². The molecule has 126 valence electrons. The van der Waals surface area contributed by atoms with E-state index in [2.05, 4.69) is 35.2 Å². The first-order valence-electron chi connectivity index (χ1n) is 8.47. The smallest absolute Gasteiger partial charge is 0.253 e. The van der Waals surface area contributed by atoms with E-state index < -0.39 is 0 Å². The lowest BCUT2D eigenvalue weighted by Crippen LogP contribution is -2.34. The van der Waals surface area contributed by atoms with Gasteiger partial charge >= 0.3 is 0 Å². The van der Waals surface area contributed by atoms with Gasteiger partial charge in [-0.1, -0.05) is 42.5 Å². The molecule has 4 heteroatoms. The molecule has 0 aromatic heterocycles. The second-order valence-corrected chi connectivity index (χ2v) is 6.04. The molecule has 1 heterocycles. The Hall–Kier alpha value is -2.33. The average molecular weight is 324 g/mol. The largest absolute Gasteiger partial charge is 0.375 e. The van der Waals surface area contributed by atoms with E-state index in [1.54, 1.807) is 7.11 Å². The van der Waals surface area contributed by atoms with Crippen molar-refractivity contribution in [3.05, 3.63) is 60.2 Å². The third kappa shape index (κ3) is 3.77. The van der Waals surface area contributed by atoms with Crippen LogP contribution in [0, 0.1) is 0 Å². The summed E-state index contributed by atoms with van der Waals surface area (Å²) in [5.74, 6) is 0.0230. The van der Waals surface area contributed by atoms with Crippen molar-refractivity contribution < 1.29 is 9.53 Å². The Morgan fingerprint density at radius 3 is 2.46 bits per heavy atom. The van der Waals surface area contributed by atoms with E-state index in [1.807, 2.05) is 29.2 Å². The summed E-state index contributed by atoms with van der Waals surface area (Å²) in [5, 5.41) is 0. The van der Waals surface area contributed by atoms with Crippen LogP contribution in [0.15, 0.2) is 54.6 Å². The number of benzene rings is 2. The lowest BCUT2D eigenvalue weighted by molar-refractivity contribution is -0.122. The van der Waals surface area contributed by atoms with Gasteiger partial charge in [-0.15, -0.1) is 0 Å². The highest BCUT2D eigenvalue weighted by molar-refractivity contribution is 5.97. The third-order valence-corrected chi connectivity index (χ3v) is 4.41. The number of carbonyl (C=O) groups excluding carboxylic acids is 1. The molecule has 0 unspecified atom stereocenters. The van der Waals surface area contributed by atoms with Crippen LogP contribution >= 0.6 is 0 Å². The number of carbonyl (C=O) groups is 1. The molecule has 1 amide bonds. The van der Waals surface area contributed by atoms with Gasteiger partial charge in [-0.25, -0.2) is 0 Å². The van der Waals surface area contributed by atoms with Crippen molar-refractivity contribution in [1.82, 2.24) is 0 Å². The van der Waals surface area contributed by atoms with Crippen molar-refractivity contribution in [2.45, 2.75) is 12.8 Å². The highest BCUT2D eigenvalue weighted by Crippen LogP contribution is 2.32. The zero-order valence-corrected chi connectivity index (χ0v) is 14.1. The molecular formula is C20H24N2O2. The van der Waals surface area contributed by atoms with Gasteiger partial charge in [-0.3, -0.25) is 4.79 Å². The van der Waals surface area contributed by atoms with Crippen LogP contribution in [0.25, 0.3) is 0 Å². The number of ether oxygens (including phenoxy) is 1. The monoisotopic (exact) mass is 324 g/mol. The fourth-order valence-electron chi connectivity index (χ4n) is 3.22. The van der Waals surface area contributed by atoms with Gasteiger partial charge in [0.25, 0.3) is 5.91 Å². The number of amides is 1. The van der Waals surface area contributed by atoms with E-state index in [9.17, 15) is 4.79 Å². The van der Waals surface area contributed by atoms with Crippen molar-refractivity contribution in [2.24, 2.45) is 0 Å². The van der Waals surface area contributed by atoms with Crippen LogP contribution in [-0.4, -0.2) is 39.3 Å². The Labute approximate surface area is 143 Å². The van der Waals surface area contributed by atoms with Gasteiger partial charge in [0, 0.05) is 26.7 Å². The van der Waals surface area contributed by atoms with Crippen LogP contribution in [-0.2, 0) is 16.0 Å². The number of anilines is 2. The number of nitrogens with zero attached hydrogens (tertiary/aromatic N) is 2. The van der Waals surface area contributed by atoms with Crippen LogP contribution in [0.5, 0.6) is 0 Å². The van der Waals surface area contributed by atoms with Crippen LogP contribution in [0.4, 0.5) is 11.4 Å². The van der Waals surface area contributed by atoms with Gasteiger partial charge in [-0.2, -0.15) is 0 Å². The van der Waals surface area contributed by atoms with Crippen molar-refractivity contribution in [2.75, 3.05) is 43.2 Å². The maximum atomic E-state index is 12.4. The molecule has 2 aromatic rings. The summed E-state index contributed by atoms with van der Waals surface area (Å²) in [6, 6.07) is 18.7. The van der Waals surface area contributed by atoms with E-state index in [4.69, 9.17) is 4.74 Å². The molecule has 3 rings (SSSR count). The predicted molar refractivity (Wildman–Crippen MR) is 97.6 cm³/mol. The molecule has 0 saturated carbocycles. The molecule has 0 N–H and O–H groups in total. The SMILES string of the molecule is COCC(=O)N1CCCN(CCc2ccccc2)c2ccccc21. The Balaban J connectivity index is 1.80. The highest BCUT2D eigenvalue weighted by Gasteiger charge is 2.24. The van der Waals surface area contributed by atoms with Crippen LogP contribution in [0.3, 0.4) is 0 Å². The van der Waals surface area contributed by atoms with E-state index in [-0.39, 0.29) is 12.5 Å². The third-order valence-electron chi connectivity index (χ3n) is 4.41. The summed E-state index contributed by atoms with van der Waals surface area (Å²) < 4.78 is 5.04. The first-order valence-corrected chi connectivity index (χ1v) is 8.47. The number of hydrogen-bond acceptors (Lipinski definition) is 3. The van der Waals surface area contributed by atoms with Gasteiger partial charge in [0.2, 0.25) is 0 Å². The molecule has 0 atom stereocenters. The first-order chi connectivity index (χ1) is 11.8. The van der Waals surface area contributed by atoms with E-state index >= 15 is 0 Å². The minimum atomic E-state index is 0.0230. The molecule has 0 fully saturated rings. The topological polar surface area (TPSA) is 32.8 Å². The zero-order valence-electron chi connectivity index (χ0n) is 14.1. The molecule has 1 aliphatic rings. The quantitative estimate of drug-likeness (QED) is 0.847.